The summed E-state index contributed by atoms with van der Waals surface area (Å²) in [5, 5.41) is 5.78. The van der Waals surface area contributed by atoms with Crippen LogP contribution >= 0.6 is 0 Å². The number of nitrogens with zero attached hydrogens (tertiary/aromatic N) is 2. The number of rotatable bonds is 5. The van der Waals surface area contributed by atoms with E-state index in [1.165, 1.54) is 42.6 Å². The highest BCUT2D eigenvalue weighted by molar-refractivity contribution is 7.92. The highest BCUT2D eigenvalue weighted by atomic mass is 32.2. The van der Waals surface area contributed by atoms with Crippen molar-refractivity contribution >= 4 is 21.4 Å². The van der Waals surface area contributed by atoms with Crippen LogP contribution in [0.5, 0.6) is 0 Å². The van der Waals surface area contributed by atoms with E-state index in [1.54, 1.807) is 12.1 Å². The molecule has 1 saturated carbocycles. The first-order valence-corrected chi connectivity index (χ1v) is 11.6. The third-order valence-corrected chi connectivity index (χ3v) is 7.70. The van der Waals surface area contributed by atoms with Crippen molar-refractivity contribution in [3.8, 4) is 5.69 Å². The molecule has 32 heavy (non-hydrogen) atoms. The van der Waals surface area contributed by atoms with Crippen molar-refractivity contribution in [3.63, 3.8) is 0 Å². The van der Waals surface area contributed by atoms with Crippen LogP contribution in [0.3, 0.4) is 0 Å². The zero-order valence-corrected chi connectivity index (χ0v) is 17.7. The van der Waals surface area contributed by atoms with E-state index in [0.717, 1.165) is 23.6 Å². The van der Waals surface area contributed by atoms with Crippen LogP contribution < -0.4 is 5.32 Å². The van der Waals surface area contributed by atoms with E-state index in [2.05, 4.69) is 10.4 Å². The summed E-state index contributed by atoms with van der Waals surface area (Å²) in [5.74, 6) is -0.469. The summed E-state index contributed by atoms with van der Waals surface area (Å²) in [4.78, 5) is 12.8. The largest absolute Gasteiger partial charge is 0.435 e. The lowest BCUT2D eigenvalue weighted by Crippen LogP contribution is -2.18. The van der Waals surface area contributed by atoms with Crippen LogP contribution in [0.25, 0.3) is 5.69 Å². The molecule has 3 aromatic rings. The molecule has 0 unspecified atom stereocenters. The van der Waals surface area contributed by atoms with Crippen LogP contribution in [0.4, 0.5) is 18.9 Å². The molecule has 4 rings (SSSR count). The predicted octanol–water partition coefficient (Wildman–Crippen LogP) is 4.86. The highest BCUT2D eigenvalue weighted by Gasteiger charge is 2.33. The molecular formula is C22H20F3N3O3S. The van der Waals surface area contributed by atoms with Gasteiger partial charge in [0.2, 0.25) is 0 Å². The molecule has 1 aromatic heterocycles. The molecule has 1 N–H and O–H groups in total. The Kier molecular flexibility index (Phi) is 5.81. The van der Waals surface area contributed by atoms with Gasteiger partial charge in [-0.05, 0) is 61.4 Å². The van der Waals surface area contributed by atoms with Crippen molar-refractivity contribution in [2.75, 3.05) is 5.32 Å². The fourth-order valence-electron chi connectivity index (χ4n) is 3.73. The first kappa shape index (κ1) is 22.1. The average Bonchev–Trinajstić information content (AvgIpc) is 3.46. The molecule has 6 nitrogen and oxygen atoms in total. The summed E-state index contributed by atoms with van der Waals surface area (Å²) in [6, 6.07) is 12.9. The number of nitrogens with one attached hydrogen (secondary N) is 1. The molecule has 0 spiro atoms. The molecule has 0 radical (unpaired) electrons. The number of benzene rings is 2. The summed E-state index contributed by atoms with van der Waals surface area (Å²) in [6.07, 6.45) is -0.268. The lowest BCUT2D eigenvalue weighted by atomic mass is 10.2. The van der Waals surface area contributed by atoms with E-state index in [-0.39, 0.29) is 15.7 Å². The SMILES string of the molecule is O=C(Nc1cccc(S(=O)(=O)C2CCCC2)c1)c1ccc(-n2ccc(C(F)(F)F)n2)cc1. The highest BCUT2D eigenvalue weighted by Crippen LogP contribution is 2.31. The zero-order chi connectivity index (χ0) is 22.9. The quantitative estimate of drug-likeness (QED) is 0.586. The molecule has 1 aliphatic carbocycles. The van der Waals surface area contributed by atoms with Gasteiger partial charge in [-0.2, -0.15) is 18.3 Å². The van der Waals surface area contributed by atoms with E-state index in [4.69, 9.17) is 0 Å². The zero-order valence-electron chi connectivity index (χ0n) is 16.8. The monoisotopic (exact) mass is 463 g/mol. The molecule has 0 bridgehead atoms. The van der Waals surface area contributed by atoms with E-state index >= 15 is 0 Å². The number of hydrogen-bond acceptors (Lipinski definition) is 4. The molecule has 168 valence electrons. The Balaban J connectivity index is 1.48. The molecule has 10 heteroatoms. The molecule has 1 fully saturated rings. The fourth-order valence-corrected chi connectivity index (χ4v) is 5.63. The summed E-state index contributed by atoms with van der Waals surface area (Å²) >= 11 is 0. The number of anilines is 1. The van der Waals surface area contributed by atoms with Crippen molar-refractivity contribution in [2.45, 2.75) is 42.0 Å². The van der Waals surface area contributed by atoms with Crippen LogP contribution in [0.2, 0.25) is 0 Å². The van der Waals surface area contributed by atoms with Crippen molar-refractivity contribution in [1.29, 1.82) is 0 Å². The maximum Gasteiger partial charge on any atom is 0.435 e. The number of alkyl halides is 3. The van der Waals surface area contributed by atoms with Gasteiger partial charge in [0.1, 0.15) is 0 Å². The van der Waals surface area contributed by atoms with Crippen molar-refractivity contribution in [1.82, 2.24) is 9.78 Å². The lowest BCUT2D eigenvalue weighted by Gasteiger charge is -2.13. The van der Waals surface area contributed by atoms with Gasteiger partial charge in [0.25, 0.3) is 5.91 Å². The number of halogens is 3. The Bertz CT molecular complexity index is 1230. The number of aromatic nitrogens is 2. The van der Waals surface area contributed by atoms with Crippen molar-refractivity contribution in [3.05, 3.63) is 72.1 Å². The van der Waals surface area contributed by atoms with Gasteiger partial charge in [0.15, 0.2) is 15.5 Å². The smallest absolute Gasteiger partial charge is 0.322 e. The molecule has 0 aliphatic heterocycles. The fraction of sp³-hybridized carbons (Fsp3) is 0.273. The van der Waals surface area contributed by atoms with Gasteiger partial charge in [-0.1, -0.05) is 18.9 Å². The second-order valence-corrected chi connectivity index (χ2v) is 9.85. The van der Waals surface area contributed by atoms with Crippen LogP contribution in [0.1, 0.15) is 41.7 Å². The van der Waals surface area contributed by atoms with Crippen LogP contribution in [0.15, 0.2) is 65.7 Å². The Labute approximate surface area is 183 Å². The molecule has 1 amide bonds. The maximum absolute atomic E-state index is 12.8. The Morgan fingerprint density at radius 2 is 1.72 bits per heavy atom. The second-order valence-electron chi connectivity index (χ2n) is 7.62. The predicted molar refractivity (Wildman–Crippen MR) is 112 cm³/mol. The van der Waals surface area contributed by atoms with Gasteiger partial charge in [-0.15, -0.1) is 0 Å². The number of carbonyl (C=O) groups is 1. The first-order chi connectivity index (χ1) is 15.1. The summed E-state index contributed by atoms with van der Waals surface area (Å²) < 4.78 is 64.8. The third kappa shape index (κ3) is 4.55. The van der Waals surface area contributed by atoms with Crippen LogP contribution in [-0.2, 0) is 16.0 Å². The topological polar surface area (TPSA) is 81.1 Å². The minimum Gasteiger partial charge on any atom is -0.322 e. The Hall–Kier alpha value is -3.14. The average molecular weight is 463 g/mol. The van der Waals surface area contributed by atoms with E-state index in [9.17, 15) is 26.4 Å². The lowest BCUT2D eigenvalue weighted by molar-refractivity contribution is -0.141. The Morgan fingerprint density at radius 1 is 1.03 bits per heavy atom. The molecule has 1 heterocycles. The van der Waals surface area contributed by atoms with Gasteiger partial charge in [-0.3, -0.25) is 4.79 Å². The molecular weight excluding hydrogens is 443 g/mol. The molecule has 0 saturated heterocycles. The summed E-state index contributed by atoms with van der Waals surface area (Å²) in [7, 11) is -3.45. The van der Waals surface area contributed by atoms with Crippen molar-refractivity contribution < 1.29 is 26.4 Å². The number of amides is 1. The number of hydrogen-bond donors (Lipinski definition) is 1. The van der Waals surface area contributed by atoms with Gasteiger partial charge in [0.05, 0.1) is 15.8 Å². The molecule has 2 aromatic carbocycles. The van der Waals surface area contributed by atoms with Gasteiger partial charge < -0.3 is 5.32 Å². The minimum atomic E-state index is -4.54. The maximum atomic E-state index is 12.8. The van der Waals surface area contributed by atoms with E-state index in [0.29, 0.717) is 24.2 Å². The van der Waals surface area contributed by atoms with Gasteiger partial charge in [0, 0.05) is 17.4 Å². The van der Waals surface area contributed by atoms with Gasteiger partial charge in [-0.25, -0.2) is 13.1 Å². The normalized spacial score (nSPS) is 15.1. The second kappa shape index (κ2) is 8.42. The summed E-state index contributed by atoms with van der Waals surface area (Å²) in [5.41, 5.74) is -0.0329. The van der Waals surface area contributed by atoms with Crippen LogP contribution in [-0.4, -0.2) is 29.4 Å². The summed E-state index contributed by atoms with van der Waals surface area (Å²) in [6.45, 7) is 0. The van der Waals surface area contributed by atoms with Crippen LogP contribution in [0, 0.1) is 0 Å². The van der Waals surface area contributed by atoms with Gasteiger partial charge >= 0.3 is 6.18 Å². The number of carbonyl (C=O) groups excluding carboxylic acids is 1. The molecule has 1 aliphatic rings. The standard InChI is InChI=1S/C22H20F3N3O3S/c23-22(24,25)20-12-13-28(27-20)17-10-8-15(9-11-17)21(29)26-16-4-3-7-19(14-16)32(30,31)18-5-1-2-6-18/h3-4,7-14,18H,1-2,5-6H2,(H,26,29). The number of sulfone groups is 1. The Morgan fingerprint density at radius 3 is 2.34 bits per heavy atom. The van der Waals surface area contributed by atoms with E-state index < -0.39 is 27.6 Å². The minimum absolute atomic E-state index is 0.177. The van der Waals surface area contributed by atoms with E-state index in [1.807, 2.05) is 0 Å². The first-order valence-electron chi connectivity index (χ1n) is 10.0. The van der Waals surface area contributed by atoms with Crippen molar-refractivity contribution in [2.24, 2.45) is 0 Å². The third-order valence-electron chi connectivity index (χ3n) is 5.44. The molecule has 0 atom stereocenters.